The molecule has 1 amide bonds. The van der Waals surface area contributed by atoms with E-state index in [4.69, 9.17) is 11.6 Å². The summed E-state index contributed by atoms with van der Waals surface area (Å²) in [5, 5.41) is 0.776. The number of halogens is 1. The maximum atomic E-state index is 13.1. The molecule has 0 aliphatic carbocycles. The first-order chi connectivity index (χ1) is 15.3. The highest BCUT2D eigenvalue weighted by molar-refractivity contribution is 8.00. The van der Waals surface area contributed by atoms with Crippen molar-refractivity contribution in [2.75, 3.05) is 18.6 Å². The van der Waals surface area contributed by atoms with Gasteiger partial charge in [-0.15, -0.1) is 0 Å². The van der Waals surface area contributed by atoms with E-state index in [-0.39, 0.29) is 23.5 Å². The highest BCUT2D eigenvalue weighted by atomic mass is 35.5. The zero-order valence-electron chi connectivity index (χ0n) is 17.8. The number of amides is 1. The molecule has 0 radical (unpaired) electrons. The van der Waals surface area contributed by atoms with Gasteiger partial charge in [0.15, 0.2) is 15.0 Å². The van der Waals surface area contributed by atoms with E-state index in [1.807, 2.05) is 66.1 Å². The van der Waals surface area contributed by atoms with E-state index >= 15 is 0 Å². The van der Waals surface area contributed by atoms with E-state index in [9.17, 15) is 13.2 Å². The molecule has 0 bridgehead atoms. The van der Waals surface area contributed by atoms with Crippen LogP contribution in [0.5, 0.6) is 0 Å². The number of carbonyl (C=O) groups is 1. The molecule has 1 fully saturated rings. The number of imidazole rings is 1. The first-order valence-electron chi connectivity index (χ1n) is 10.3. The molecule has 2 atom stereocenters. The summed E-state index contributed by atoms with van der Waals surface area (Å²) in [6.07, 6.45) is 2.26. The van der Waals surface area contributed by atoms with Gasteiger partial charge < -0.3 is 4.90 Å². The molecule has 0 N–H and O–H groups in total. The quantitative estimate of drug-likeness (QED) is 0.482. The second-order valence-electron chi connectivity index (χ2n) is 7.84. The Labute approximate surface area is 197 Å². The standard InChI is InChI=1S/C23H24ClN3O3S2/c1-16(22(28)26(2)18-12-13-32(29,30)15-18)31-23-25-14-21(17-8-4-3-5-9-17)27(23)20-11-7-6-10-19(20)24/h3-11,14,16,18H,12-13,15H2,1-2H3. The fourth-order valence-electron chi connectivity index (χ4n) is 3.85. The Morgan fingerprint density at radius 3 is 2.53 bits per heavy atom. The molecule has 4 rings (SSSR count). The Morgan fingerprint density at radius 1 is 1.19 bits per heavy atom. The fraction of sp³-hybridized carbons (Fsp3) is 0.304. The molecule has 1 aromatic heterocycles. The van der Waals surface area contributed by atoms with Gasteiger partial charge in [-0.1, -0.05) is 65.8 Å². The van der Waals surface area contributed by atoms with Gasteiger partial charge in [0.2, 0.25) is 5.91 Å². The summed E-state index contributed by atoms with van der Waals surface area (Å²) >= 11 is 7.86. The van der Waals surface area contributed by atoms with Crippen molar-refractivity contribution in [3.63, 3.8) is 0 Å². The van der Waals surface area contributed by atoms with Crippen molar-refractivity contribution in [2.24, 2.45) is 0 Å². The molecule has 6 nitrogen and oxygen atoms in total. The second-order valence-corrected chi connectivity index (χ2v) is 11.8. The van der Waals surface area contributed by atoms with E-state index in [1.165, 1.54) is 11.8 Å². The minimum Gasteiger partial charge on any atom is -0.341 e. The number of hydrogen-bond donors (Lipinski definition) is 0. The molecule has 2 unspecified atom stereocenters. The number of sulfone groups is 1. The van der Waals surface area contributed by atoms with Crippen LogP contribution in [0.2, 0.25) is 5.02 Å². The van der Waals surface area contributed by atoms with Crippen molar-refractivity contribution in [2.45, 2.75) is 29.8 Å². The molecule has 1 aliphatic rings. The lowest BCUT2D eigenvalue weighted by Crippen LogP contribution is -2.41. The van der Waals surface area contributed by atoms with E-state index in [0.29, 0.717) is 16.6 Å². The number of hydrogen-bond acceptors (Lipinski definition) is 5. The van der Waals surface area contributed by atoms with Gasteiger partial charge in [0, 0.05) is 18.7 Å². The van der Waals surface area contributed by atoms with E-state index in [2.05, 4.69) is 4.98 Å². The summed E-state index contributed by atoms with van der Waals surface area (Å²) in [7, 11) is -1.38. The Balaban J connectivity index is 1.64. The number of aromatic nitrogens is 2. The summed E-state index contributed by atoms with van der Waals surface area (Å²) in [6.45, 7) is 1.82. The summed E-state index contributed by atoms with van der Waals surface area (Å²) in [6, 6.07) is 17.1. The Morgan fingerprint density at radius 2 is 1.88 bits per heavy atom. The lowest BCUT2D eigenvalue weighted by Gasteiger charge is -2.26. The third kappa shape index (κ3) is 4.72. The van der Waals surface area contributed by atoms with Gasteiger partial charge in [-0.25, -0.2) is 13.4 Å². The molecule has 32 heavy (non-hydrogen) atoms. The molecule has 1 saturated heterocycles. The molecule has 168 valence electrons. The van der Waals surface area contributed by atoms with Crippen LogP contribution < -0.4 is 0 Å². The molecule has 0 saturated carbocycles. The van der Waals surface area contributed by atoms with Gasteiger partial charge in [-0.3, -0.25) is 9.36 Å². The van der Waals surface area contributed by atoms with Gasteiger partial charge in [-0.05, 0) is 25.5 Å². The summed E-state index contributed by atoms with van der Waals surface area (Å²) < 4.78 is 25.6. The highest BCUT2D eigenvalue weighted by Gasteiger charge is 2.34. The van der Waals surface area contributed by atoms with Crippen LogP contribution in [0, 0.1) is 0 Å². The Kier molecular flexibility index (Phi) is 6.65. The third-order valence-electron chi connectivity index (χ3n) is 5.63. The normalized spacial score (nSPS) is 18.4. The topological polar surface area (TPSA) is 72.3 Å². The van der Waals surface area contributed by atoms with Crippen molar-refractivity contribution in [1.82, 2.24) is 14.5 Å². The molecule has 2 heterocycles. The molecule has 3 aromatic rings. The summed E-state index contributed by atoms with van der Waals surface area (Å²) in [5.41, 5.74) is 2.64. The molecule has 1 aliphatic heterocycles. The van der Waals surface area contributed by atoms with Crippen LogP contribution in [0.4, 0.5) is 0 Å². The maximum absolute atomic E-state index is 13.1. The summed E-state index contributed by atoms with van der Waals surface area (Å²) in [4.78, 5) is 19.3. The van der Waals surface area contributed by atoms with Gasteiger partial charge >= 0.3 is 0 Å². The van der Waals surface area contributed by atoms with Crippen LogP contribution in [0.15, 0.2) is 66.0 Å². The Bertz CT molecular complexity index is 1230. The SMILES string of the molecule is CC(Sc1ncc(-c2ccccc2)n1-c1ccccc1Cl)C(=O)N(C)C1CCS(=O)(=O)C1. The van der Waals surface area contributed by atoms with Crippen molar-refractivity contribution >= 4 is 39.1 Å². The van der Waals surface area contributed by atoms with Crippen molar-refractivity contribution in [3.8, 4) is 16.9 Å². The van der Waals surface area contributed by atoms with Crippen LogP contribution in [0.25, 0.3) is 16.9 Å². The van der Waals surface area contributed by atoms with Crippen LogP contribution in [0.3, 0.4) is 0 Å². The number of rotatable bonds is 6. The molecular weight excluding hydrogens is 466 g/mol. The summed E-state index contributed by atoms with van der Waals surface area (Å²) in [5.74, 6) is 0.0415. The van der Waals surface area contributed by atoms with E-state index < -0.39 is 15.1 Å². The third-order valence-corrected chi connectivity index (χ3v) is 8.75. The smallest absolute Gasteiger partial charge is 0.235 e. The predicted octanol–water partition coefficient (Wildman–Crippen LogP) is 4.32. The largest absolute Gasteiger partial charge is 0.341 e. The zero-order valence-corrected chi connectivity index (χ0v) is 20.2. The lowest BCUT2D eigenvalue weighted by molar-refractivity contribution is -0.130. The predicted molar refractivity (Wildman–Crippen MR) is 129 cm³/mol. The van der Waals surface area contributed by atoms with Gasteiger partial charge in [0.25, 0.3) is 0 Å². The number of nitrogens with zero attached hydrogens (tertiary/aromatic N) is 3. The van der Waals surface area contributed by atoms with E-state index in [0.717, 1.165) is 16.9 Å². The van der Waals surface area contributed by atoms with Crippen LogP contribution in [-0.2, 0) is 14.6 Å². The molecule has 2 aromatic carbocycles. The monoisotopic (exact) mass is 489 g/mol. The number of thioether (sulfide) groups is 1. The van der Waals surface area contributed by atoms with Crippen LogP contribution >= 0.6 is 23.4 Å². The highest BCUT2D eigenvalue weighted by Crippen LogP contribution is 2.35. The van der Waals surface area contributed by atoms with Crippen LogP contribution in [0.1, 0.15) is 13.3 Å². The van der Waals surface area contributed by atoms with Crippen molar-refractivity contribution in [3.05, 3.63) is 65.8 Å². The first-order valence-corrected chi connectivity index (χ1v) is 13.4. The van der Waals surface area contributed by atoms with Gasteiger partial charge in [0.1, 0.15) is 0 Å². The van der Waals surface area contributed by atoms with Gasteiger partial charge in [-0.2, -0.15) is 0 Å². The van der Waals surface area contributed by atoms with Crippen LogP contribution in [-0.4, -0.2) is 58.6 Å². The zero-order chi connectivity index (χ0) is 22.9. The van der Waals surface area contributed by atoms with Gasteiger partial charge in [0.05, 0.1) is 39.4 Å². The first kappa shape index (κ1) is 22.9. The minimum atomic E-state index is -3.07. The number of para-hydroxylation sites is 1. The maximum Gasteiger partial charge on any atom is 0.235 e. The number of benzene rings is 2. The average molecular weight is 490 g/mol. The molecule has 0 spiro atoms. The van der Waals surface area contributed by atoms with Crippen molar-refractivity contribution in [1.29, 1.82) is 0 Å². The molecular formula is C23H24ClN3O3S2. The fourth-order valence-corrected chi connectivity index (χ4v) is 6.85. The van der Waals surface area contributed by atoms with E-state index in [1.54, 1.807) is 18.1 Å². The minimum absolute atomic E-state index is 0.0268. The second kappa shape index (κ2) is 9.29. The average Bonchev–Trinajstić information content (AvgIpc) is 3.36. The Hall–Kier alpha value is -2.29. The van der Waals surface area contributed by atoms with Crippen molar-refractivity contribution < 1.29 is 13.2 Å². The lowest BCUT2D eigenvalue weighted by atomic mass is 10.1. The number of carbonyl (C=O) groups excluding carboxylic acids is 1. The molecule has 9 heteroatoms.